The van der Waals surface area contributed by atoms with Crippen molar-refractivity contribution < 1.29 is 4.74 Å². The van der Waals surface area contributed by atoms with Crippen molar-refractivity contribution in [1.29, 1.82) is 0 Å². The van der Waals surface area contributed by atoms with E-state index < -0.39 is 0 Å². The Morgan fingerprint density at radius 1 is 1.12 bits per heavy atom. The molecule has 0 aliphatic carbocycles. The lowest BCUT2D eigenvalue weighted by molar-refractivity contribution is 0.398. The fraction of sp³-hybridized carbons (Fsp3) is 0.250. The van der Waals surface area contributed by atoms with E-state index in [9.17, 15) is 0 Å². The lowest BCUT2D eigenvalue weighted by Crippen LogP contribution is -2.11. The highest BCUT2D eigenvalue weighted by Crippen LogP contribution is 2.19. The Hall–Kier alpha value is -2.17. The van der Waals surface area contributed by atoms with Crippen LogP contribution in [0, 0.1) is 0 Å². The molecule has 0 fully saturated rings. The van der Waals surface area contributed by atoms with Crippen molar-refractivity contribution in [3.8, 4) is 17.1 Å². The minimum absolute atomic E-state index is 0.588. The molecule has 5 nitrogen and oxygen atoms in total. The normalized spacial score (nSPS) is 10.1. The second-order valence-electron chi connectivity index (χ2n) is 3.75. The molecule has 0 aliphatic heterocycles. The molecule has 2 heterocycles. The van der Waals surface area contributed by atoms with Crippen molar-refractivity contribution in [2.75, 3.05) is 26.1 Å². The van der Waals surface area contributed by atoms with Crippen molar-refractivity contribution >= 4 is 5.82 Å². The smallest absolute Gasteiger partial charge is 0.212 e. The number of pyridine rings is 1. The van der Waals surface area contributed by atoms with E-state index in [1.807, 2.05) is 25.1 Å². The van der Waals surface area contributed by atoms with E-state index in [1.54, 1.807) is 31.8 Å². The zero-order valence-corrected chi connectivity index (χ0v) is 10.1. The summed E-state index contributed by atoms with van der Waals surface area (Å²) in [5, 5.41) is 0. The first-order valence-electron chi connectivity index (χ1n) is 5.20. The molecule has 5 heteroatoms. The predicted molar refractivity (Wildman–Crippen MR) is 66.1 cm³/mol. The van der Waals surface area contributed by atoms with Gasteiger partial charge in [-0.25, -0.2) is 9.97 Å². The Balaban J connectivity index is 2.35. The van der Waals surface area contributed by atoms with E-state index >= 15 is 0 Å². The maximum Gasteiger partial charge on any atom is 0.212 e. The second kappa shape index (κ2) is 4.78. The van der Waals surface area contributed by atoms with Gasteiger partial charge in [-0.1, -0.05) is 0 Å². The standard InChI is InChI=1S/C12H14N4O/c1-16(2)11-8-13-7-10(15-11)9-4-5-12(17-3)14-6-9/h4-8H,1-3H3. The van der Waals surface area contributed by atoms with Gasteiger partial charge < -0.3 is 9.64 Å². The van der Waals surface area contributed by atoms with Gasteiger partial charge in [0.05, 0.1) is 25.2 Å². The number of aromatic nitrogens is 3. The molecule has 17 heavy (non-hydrogen) atoms. The molecule has 0 saturated carbocycles. The molecule has 2 aromatic heterocycles. The summed E-state index contributed by atoms with van der Waals surface area (Å²) in [5.74, 6) is 1.41. The summed E-state index contributed by atoms with van der Waals surface area (Å²) in [6, 6.07) is 3.72. The molecule has 0 N–H and O–H groups in total. The Labute approximate surface area is 100 Å². The molecule has 0 spiro atoms. The van der Waals surface area contributed by atoms with Gasteiger partial charge >= 0.3 is 0 Å². The Kier molecular flexibility index (Phi) is 3.18. The average molecular weight is 230 g/mol. The molecule has 88 valence electrons. The molecule has 2 rings (SSSR count). The van der Waals surface area contributed by atoms with Gasteiger partial charge in [0.25, 0.3) is 0 Å². The molecule has 0 unspecified atom stereocenters. The van der Waals surface area contributed by atoms with Crippen LogP contribution in [-0.4, -0.2) is 36.2 Å². The summed E-state index contributed by atoms with van der Waals surface area (Å²) in [5.41, 5.74) is 1.72. The Morgan fingerprint density at radius 3 is 2.53 bits per heavy atom. The van der Waals surface area contributed by atoms with Crippen molar-refractivity contribution in [3.05, 3.63) is 30.7 Å². The lowest BCUT2D eigenvalue weighted by Gasteiger charge is -2.11. The largest absolute Gasteiger partial charge is 0.481 e. The highest BCUT2D eigenvalue weighted by atomic mass is 16.5. The average Bonchev–Trinajstić information content (AvgIpc) is 2.39. The summed E-state index contributed by atoms with van der Waals surface area (Å²) in [6.45, 7) is 0. The van der Waals surface area contributed by atoms with Crippen LogP contribution in [0.2, 0.25) is 0 Å². The van der Waals surface area contributed by atoms with Gasteiger partial charge in [0.15, 0.2) is 0 Å². The van der Waals surface area contributed by atoms with Gasteiger partial charge in [-0.3, -0.25) is 4.98 Å². The highest BCUT2D eigenvalue weighted by Gasteiger charge is 2.04. The maximum atomic E-state index is 5.01. The zero-order chi connectivity index (χ0) is 12.3. The highest BCUT2D eigenvalue weighted by molar-refractivity contribution is 5.59. The number of methoxy groups -OCH3 is 1. The molecule has 0 amide bonds. The molecule has 2 aromatic rings. The van der Waals surface area contributed by atoms with Crippen molar-refractivity contribution in [1.82, 2.24) is 15.0 Å². The van der Waals surface area contributed by atoms with Crippen LogP contribution in [0.3, 0.4) is 0 Å². The van der Waals surface area contributed by atoms with Crippen LogP contribution in [0.1, 0.15) is 0 Å². The van der Waals surface area contributed by atoms with Crippen LogP contribution >= 0.6 is 0 Å². The Bertz CT molecular complexity index is 496. The van der Waals surface area contributed by atoms with E-state index in [0.717, 1.165) is 17.1 Å². The number of ether oxygens (including phenoxy) is 1. The third-order valence-corrected chi connectivity index (χ3v) is 2.32. The van der Waals surface area contributed by atoms with E-state index in [1.165, 1.54) is 0 Å². The van der Waals surface area contributed by atoms with E-state index in [0.29, 0.717) is 5.88 Å². The van der Waals surface area contributed by atoms with Gasteiger partial charge in [-0.05, 0) is 6.07 Å². The molecule has 0 aliphatic rings. The van der Waals surface area contributed by atoms with Crippen molar-refractivity contribution in [3.63, 3.8) is 0 Å². The monoisotopic (exact) mass is 230 g/mol. The fourth-order valence-corrected chi connectivity index (χ4v) is 1.36. The summed E-state index contributed by atoms with van der Waals surface area (Å²) in [6.07, 6.45) is 5.17. The molecule has 0 radical (unpaired) electrons. The summed E-state index contributed by atoms with van der Waals surface area (Å²) in [4.78, 5) is 14.7. The molecule has 0 bridgehead atoms. The minimum atomic E-state index is 0.588. The number of anilines is 1. The van der Waals surface area contributed by atoms with E-state index in [4.69, 9.17) is 4.74 Å². The topological polar surface area (TPSA) is 51.1 Å². The third-order valence-electron chi connectivity index (χ3n) is 2.32. The molecule has 0 saturated heterocycles. The molecule has 0 aromatic carbocycles. The van der Waals surface area contributed by atoms with Crippen molar-refractivity contribution in [2.24, 2.45) is 0 Å². The Morgan fingerprint density at radius 2 is 1.94 bits per heavy atom. The third kappa shape index (κ3) is 2.50. The maximum absolute atomic E-state index is 5.01. The van der Waals surface area contributed by atoms with Gasteiger partial charge in [-0.15, -0.1) is 0 Å². The van der Waals surface area contributed by atoms with E-state index in [2.05, 4.69) is 15.0 Å². The first-order valence-corrected chi connectivity index (χ1v) is 5.20. The van der Waals surface area contributed by atoms with Crippen LogP contribution in [-0.2, 0) is 0 Å². The quantitative estimate of drug-likeness (QED) is 0.801. The number of rotatable bonds is 3. The van der Waals surface area contributed by atoms with E-state index in [-0.39, 0.29) is 0 Å². The van der Waals surface area contributed by atoms with Gasteiger partial charge in [0, 0.05) is 31.9 Å². The number of hydrogen-bond acceptors (Lipinski definition) is 5. The van der Waals surface area contributed by atoms with Crippen LogP contribution in [0.25, 0.3) is 11.3 Å². The molecular weight excluding hydrogens is 216 g/mol. The van der Waals surface area contributed by atoms with Crippen LogP contribution in [0.4, 0.5) is 5.82 Å². The van der Waals surface area contributed by atoms with Crippen LogP contribution in [0.15, 0.2) is 30.7 Å². The van der Waals surface area contributed by atoms with Gasteiger partial charge in [-0.2, -0.15) is 0 Å². The summed E-state index contributed by atoms with van der Waals surface area (Å²) < 4.78 is 5.01. The molecule has 0 atom stereocenters. The minimum Gasteiger partial charge on any atom is -0.481 e. The van der Waals surface area contributed by atoms with Crippen molar-refractivity contribution in [2.45, 2.75) is 0 Å². The van der Waals surface area contributed by atoms with Gasteiger partial charge in [0.2, 0.25) is 5.88 Å². The second-order valence-corrected chi connectivity index (χ2v) is 3.75. The fourth-order valence-electron chi connectivity index (χ4n) is 1.36. The predicted octanol–water partition coefficient (Wildman–Crippen LogP) is 1.61. The number of hydrogen-bond donors (Lipinski definition) is 0. The summed E-state index contributed by atoms with van der Waals surface area (Å²) in [7, 11) is 5.45. The SMILES string of the molecule is COc1ccc(-c2cncc(N(C)C)n2)cn1. The summed E-state index contributed by atoms with van der Waals surface area (Å²) >= 11 is 0. The first kappa shape index (κ1) is 11.3. The first-order chi connectivity index (χ1) is 8.20. The number of nitrogens with zero attached hydrogens (tertiary/aromatic N) is 4. The van der Waals surface area contributed by atoms with Gasteiger partial charge in [0.1, 0.15) is 5.82 Å². The zero-order valence-electron chi connectivity index (χ0n) is 10.1. The van der Waals surface area contributed by atoms with Crippen LogP contribution < -0.4 is 9.64 Å². The van der Waals surface area contributed by atoms with Crippen LogP contribution in [0.5, 0.6) is 5.88 Å². The lowest BCUT2D eigenvalue weighted by atomic mass is 10.2. The molecular formula is C12H14N4O.